The average Bonchev–Trinajstić information content (AvgIpc) is 3.72. The van der Waals surface area contributed by atoms with E-state index < -0.39 is 0 Å². The van der Waals surface area contributed by atoms with Crippen LogP contribution in [0.3, 0.4) is 0 Å². The molecule has 8 nitrogen and oxygen atoms in total. The van der Waals surface area contributed by atoms with Crippen LogP contribution < -0.4 is 0 Å². The predicted octanol–water partition coefficient (Wildman–Crippen LogP) is 6.49. The van der Waals surface area contributed by atoms with Crippen molar-refractivity contribution in [1.29, 1.82) is 0 Å². The monoisotopic (exact) mass is 523 g/mol. The van der Waals surface area contributed by atoms with E-state index in [1.54, 1.807) is 12.7 Å². The molecule has 4 aromatic rings. The van der Waals surface area contributed by atoms with Crippen molar-refractivity contribution in [2.45, 2.75) is 71.8 Å². The summed E-state index contributed by atoms with van der Waals surface area (Å²) in [4.78, 5) is 12.4. The highest BCUT2D eigenvalue weighted by atomic mass is 16.5. The zero-order valence-corrected chi connectivity index (χ0v) is 23.3. The van der Waals surface area contributed by atoms with E-state index >= 15 is 0 Å². The maximum absolute atomic E-state index is 5.26. The molecule has 0 fully saturated rings. The standard InChI is InChI=1S/C17H16N4.C14H21N3O/c1-2-7-16(17-18-20-21-19-17)15(6-1)14-10-8-12-4-3-5-13(12)9-11-14;1-5-12-16-13-9(2)8-11(15-14(13)17-12)7-6-10(3)18-4/h1-2,6-8,10-11H,3-5,9H2,(H,18,19,20,21);8,10H,5-7H2,1-4H3,(H,15,16,17). The number of ether oxygens (including phenoxy) is 1. The van der Waals surface area contributed by atoms with Crippen molar-refractivity contribution in [2.24, 2.45) is 0 Å². The van der Waals surface area contributed by atoms with Gasteiger partial charge in [-0.3, -0.25) is 0 Å². The molecule has 0 bridgehead atoms. The van der Waals surface area contributed by atoms with Crippen molar-refractivity contribution in [3.63, 3.8) is 0 Å². The van der Waals surface area contributed by atoms with Crippen LogP contribution in [0.2, 0.25) is 0 Å². The van der Waals surface area contributed by atoms with Crippen LogP contribution in [0.4, 0.5) is 0 Å². The number of aromatic nitrogens is 7. The van der Waals surface area contributed by atoms with Gasteiger partial charge in [0.25, 0.3) is 0 Å². The molecule has 0 amide bonds. The minimum atomic E-state index is 0.271. The summed E-state index contributed by atoms with van der Waals surface area (Å²) in [5.41, 5.74) is 10.8. The van der Waals surface area contributed by atoms with Crippen LogP contribution in [0.25, 0.3) is 28.1 Å². The predicted molar refractivity (Wildman–Crippen MR) is 155 cm³/mol. The van der Waals surface area contributed by atoms with Gasteiger partial charge in [0.1, 0.15) is 5.82 Å². The number of rotatable bonds is 7. The number of aryl methyl sites for hydroxylation is 3. The Bertz CT molecular complexity index is 1510. The van der Waals surface area contributed by atoms with Crippen LogP contribution in [0, 0.1) is 6.92 Å². The number of imidazole rings is 1. The minimum Gasteiger partial charge on any atom is -0.382 e. The Labute approximate surface area is 229 Å². The zero-order chi connectivity index (χ0) is 27.2. The molecule has 0 aliphatic heterocycles. The number of benzene rings is 1. The molecule has 1 unspecified atom stereocenters. The quantitative estimate of drug-likeness (QED) is 0.287. The molecule has 3 aromatic heterocycles. The van der Waals surface area contributed by atoms with Gasteiger partial charge in [-0.05, 0) is 85.9 Å². The molecule has 2 aliphatic carbocycles. The Morgan fingerprint density at radius 2 is 1.92 bits per heavy atom. The Balaban J connectivity index is 0.000000160. The van der Waals surface area contributed by atoms with Gasteiger partial charge in [-0.15, -0.1) is 10.2 Å². The molecule has 0 spiro atoms. The molecule has 0 saturated heterocycles. The fourth-order valence-corrected chi connectivity index (χ4v) is 5.18. The Morgan fingerprint density at radius 3 is 2.69 bits per heavy atom. The van der Waals surface area contributed by atoms with Gasteiger partial charge >= 0.3 is 0 Å². The molecule has 202 valence electrons. The van der Waals surface area contributed by atoms with E-state index in [4.69, 9.17) is 4.74 Å². The van der Waals surface area contributed by atoms with Gasteiger partial charge in [0.2, 0.25) is 5.82 Å². The summed E-state index contributed by atoms with van der Waals surface area (Å²) in [6.07, 6.45) is 14.8. The number of hydrogen-bond acceptors (Lipinski definition) is 6. The number of aromatic amines is 2. The van der Waals surface area contributed by atoms with E-state index in [1.807, 2.05) is 12.1 Å². The first kappa shape index (κ1) is 26.7. The van der Waals surface area contributed by atoms with Crippen LogP contribution in [0.15, 0.2) is 59.7 Å². The molecule has 1 atom stereocenters. The fraction of sp³-hybridized carbons (Fsp3) is 0.387. The smallest absolute Gasteiger partial charge is 0.205 e. The van der Waals surface area contributed by atoms with Crippen LogP contribution in [0.5, 0.6) is 0 Å². The lowest BCUT2D eigenvalue weighted by Gasteiger charge is -2.08. The number of hydrogen-bond donors (Lipinski definition) is 2. The van der Waals surface area contributed by atoms with Gasteiger partial charge in [-0.2, -0.15) is 5.21 Å². The topological polar surface area (TPSA) is 105 Å². The van der Waals surface area contributed by atoms with Crippen LogP contribution >= 0.6 is 0 Å². The van der Waals surface area contributed by atoms with Crippen molar-refractivity contribution < 1.29 is 4.74 Å². The molecule has 39 heavy (non-hydrogen) atoms. The number of H-pyrrole nitrogens is 2. The molecule has 0 saturated carbocycles. The summed E-state index contributed by atoms with van der Waals surface area (Å²) in [5.74, 6) is 1.65. The van der Waals surface area contributed by atoms with E-state index in [2.05, 4.69) is 92.8 Å². The molecule has 8 heteroatoms. The molecule has 1 aromatic carbocycles. The Hall–Kier alpha value is -3.91. The number of nitrogens with one attached hydrogen (secondary N) is 2. The normalized spacial score (nSPS) is 15.5. The molecule has 3 heterocycles. The number of pyridine rings is 1. The second kappa shape index (κ2) is 12.3. The Morgan fingerprint density at radius 1 is 1.08 bits per heavy atom. The van der Waals surface area contributed by atoms with Gasteiger partial charge in [0.15, 0.2) is 5.65 Å². The molecule has 2 N–H and O–H groups in total. The third kappa shape index (κ3) is 6.23. The first-order valence-electron chi connectivity index (χ1n) is 13.9. The third-order valence-corrected chi connectivity index (χ3v) is 7.54. The maximum Gasteiger partial charge on any atom is 0.205 e. The van der Waals surface area contributed by atoms with E-state index in [0.29, 0.717) is 5.82 Å². The highest BCUT2D eigenvalue weighted by Gasteiger charge is 2.16. The van der Waals surface area contributed by atoms with Crippen molar-refractivity contribution in [1.82, 2.24) is 35.6 Å². The number of methoxy groups -OCH3 is 1. The summed E-state index contributed by atoms with van der Waals surface area (Å²) in [6.45, 7) is 6.27. The SMILES string of the molecule is C1=CC2=C(CC=C1c1ccccc1-c1nn[nH]n1)CCC2.CCc1nc2nc(CCC(C)OC)cc(C)c2[nH]1. The summed E-state index contributed by atoms with van der Waals surface area (Å²) >= 11 is 0. The molecule has 0 radical (unpaired) electrons. The van der Waals surface area contributed by atoms with Gasteiger partial charge in [0, 0.05) is 24.8 Å². The summed E-state index contributed by atoms with van der Waals surface area (Å²) in [6, 6.07) is 10.4. The van der Waals surface area contributed by atoms with Crippen LogP contribution in [0.1, 0.15) is 68.6 Å². The molecular formula is C31H37N7O. The Kier molecular flexibility index (Phi) is 8.42. The maximum atomic E-state index is 5.26. The van der Waals surface area contributed by atoms with Crippen molar-refractivity contribution in [2.75, 3.05) is 7.11 Å². The van der Waals surface area contributed by atoms with Gasteiger partial charge in [0.05, 0.1) is 11.6 Å². The number of nitrogens with zero attached hydrogens (tertiary/aromatic N) is 5. The van der Waals surface area contributed by atoms with Crippen molar-refractivity contribution in [3.8, 4) is 11.4 Å². The number of fused-ring (bicyclic) bond motifs is 1. The average molecular weight is 524 g/mol. The highest BCUT2D eigenvalue weighted by molar-refractivity contribution is 5.84. The van der Waals surface area contributed by atoms with E-state index in [-0.39, 0.29) is 6.10 Å². The largest absolute Gasteiger partial charge is 0.382 e. The highest BCUT2D eigenvalue weighted by Crippen LogP contribution is 2.35. The third-order valence-electron chi connectivity index (χ3n) is 7.54. The van der Waals surface area contributed by atoms with Crippen molar-refractivity contribution >= 4 is 16.7 Å². The summed E-state index contributed by atoms with van der Waals surface area (Å²) < 4.78 is 5.26. The lowest BCUT2D eigenvalue weighted by Crippen LogP contribution is -2.06. The minimum absolute atomic E-state index is 0.271. The van der Waals surface area contributed by atoms with Gasteiger partial charge < -0.3 is 9.72 Å². The van der Waals surface area contributed by atoms with Gasteiger partial charge in [-0.25, -0.2) is 9.97 Å². The summed E-state index contributed by atoms with van der Waals surface area (Å²) in [7, 11) is 1.74. The van der Waals surface area contributed by atoms with E-state index in [1.165, 1.54) is 36.0 Å². The lowest BCUT2D eigenvalue weighted by molar-refractivity contribution is 0.111. The first-order chi connectivity index (χ1) is 19.1. The second-order valence-electron chi connectivity index (χ2n) is 10.2. The molecule has 6 rings (SSSR count). The number of allylic oxidation sites excluding steroid dienone is 6. The van der Waals surface area contributed by atoms with E-state index in [9.17, 15) is 0 Å². The van der Waals surface area contributed by atoms with Gasteiger partial charge in [-0.1, -0.05) is 55.0 Å². The van der Waals surface area contributed by atoms with Crippen molar-refractivity contribution in [3.05, 3.63) is 82.4 Å². The molecular weight excluding hydrogens is 486 g/mol. The number of tetrazole rings is 1. The second-order valence-corrected chi connectivity index (χ2v) is 10.2. The lowest BCUT2D eigenvalue weighted by atomic mass is 9.97. The van der Waals surface area contributed by atoms with Crippen LogP contribution in [-0.4, -0.2) is 48.8 Å². The zero-order valence-electron chi connectivity index (χ0n) is 23.3. The summed E-state index contributed by atoms with van der Waals surface area (Å²) in [5, 5.41) is 14.4. The first-order valence-corrected chi connectivity index (χ1v) is 13.9. The van der Waals surface area contributed by atoms with E-state index in [0.717, 1.165) is 59.5 Å². The fourth-order valence-electron chi connectivity index (χ4n) is 5.18. The molecule has 2 aliphatic rings. The van der Waals surface area contributed by atoms with Crippen LogP contribution in [-0.2, 0) is 17.6 Å².